The molecule has 0 amide bonds. The van der Waals surface area contributed by atoms with Crippen LogP contribution in [0.3, 0.4) is 0 Å². The molecule has 0 saturated carbocycles. The van der Waals surface area contributed by atoms with Crippen molar-refractivity contribution in [3.8, 4) is 5.75 Å². The zero-order chi connectivity index (χ0) is 22.8. The van der Waals surface area contributed by atoms with Crippen molar-refractivity contribution in [3.63, 3.8) is 0 Å². The molecule has 0 N–H and O–H groups in total. The van der Waals surface area contributed by atoms with Gasteiger partial charge in [-0.05, 0) is 61.0 Å². The minimum Gasteiger partial charge on any atom is -0.487 e. The number of hydrogen-bond donors (Lipinski definition) is 0. The maximum absolute atomic E-state index is 12.8. The maximum Gasteiger partial charge on any atom is 0.282 e. The van der Waals surface area contributed by atoms with Crippen LogP contribution in [0.1, 0.15) is 17.0 Å². The van der Waals surface area contributed by atoms with Crippen LogP contribution in [0.4, 0.5) is 0 Å². The van der Waals surface area contributed by atoms with Gasteiger partial charge in [0.1, 0.15) is 18.2 Å². The van der Waals surface area contributed by atoms with Crippen molar-refractivity contribution in [1.29, 1.82) is 0 Å². The van der Waals surface area contributed by atoms with Crippen LogP contribution in [0.5, 0.6) is 5.75 Å². The van der Waals surface area contributed by atoms with Crippen molar-refractivity contribution in [3.05, 3.63) is 100 Å². The number of aryl methyl sites for hydroxylation is 1. The molecule has 3 aromatic carbocycles. The largest absolute Gasteiger partial charge is 0.487 e. The van der Waals surface area contributed by atoms with E-state index in [0.29, 0.717) is 34.1 Å². The first-order chi connectivity index (χ1) is 15.3. The summed E-state index contributed by atoms with van der Waals surface area (Å²) in [5.41, 5.74) is 2.12. The number of halogens is 4. The van der Waals surface area contributed by atoms with Crippen molar-refractivity contribution >= 4 is 76.5 Å². The van der Waals surface area contributed by atoms with Gasteiger partial charge in [-0.3, -0.25) is 4.79 Å². The van der Waals surface area contributed by atoms with Crippen molar-refractivity contribution in [2.45, 2.75) is 13.5 Å². The first-order valence-electron chi connectivity index (χ1n) is 9.41. The smallest absolute Gasteiger partial charge is 0.282 e. The van der Waals surface area contributed by atoms with E-state index in [0.717, 1.165) is 24.5 Å². The first-order valence-corrected chi connectivity index (χ1v) is 12.2. The lowest BCUT2D eigenvalue weighted by Gasteiger charge is -2.10. The normalized spacial score (nSPS) is 11.4. The van der Waals surface area contributed by atoms with Crippen molar-refractivity contribution in [2.75, 3.05) is 0 Å². The highest BCUT2D eigenvalue weighted by atomic mass is 79.9. The van der Waals surface area contributed by atoms with Gasteiger partial charge in [-0.2, -0.15) is 9.78 Å². The minimum absolute atomic E-state index is 0.240. The summed E-state index contributed by atoms with van der Waals surface area (Å²) in [6, 6.07) is 16.6. The van der Waals surface area contributed by atoms with Crippen molar-refractivity contribution in [2.24, 2.45) is 5.10 Å². The van der Waals surface area contributed by atoms with Gasteiger partial charge in [0.15, 0.2) is 0 Å². The molecule has 0 atom stereocenters. The van der Waals surface area contributed by atoms with Gasteiger partial charge in [0.2, 0.25) is 0 Å². The molecule has 9 heteroatoms. The molecule has 0 bridgehead atoms. The SMILES string of the molecule is Cc1nc2ccc(Br)cc2c(=O)n1N=Cc1ccc(OCc2ccc(Br)cc2Br)c(Cl)c1. The Morgan fingerprint density at radius 2 is 1.81 bits per heavy atom. The molecule has 1 heterocycles. The van der Waals surface area contributed by atoms with Crippen molar-refractivity contribution < 1.29 is 4.74 Å². The van der Waals surface area contributed by atoms with Gasteiger partial charge in [-0.25, -0.2) is 4.98 Å². The topological polar surface area (TPSA) is 56.5 Å². The minimum atomic E-state index is -0.240. The molecule has 0 aliphatic heterocycles. The first kappa shape index (κ1) is 23.2. The molecular formula is C23H15Br3ClN3O2. The van der Waals surface area contributed by atoms with E-state index >= 15 is 0 Å². The Bertz CT molecular complexity index is 1420. The molecule has 0 fully saturated rings. The second-order valence-electron chi connectivity index (χ2n) is 6.90. The highest BCUT2D eigenvalue weighted by molar-refractivity contribution is 9.11. The second kappa shape index (κ2) is 9.87. The second-order valence-corrected chi connectivity index (χ2v) is 9.99. The van der Waals surface area contributed by atoms with E-state index in [2.05, 4.69) is 57.9 Å². The van der Waals surface area contributed by atoms with Crippen LogP contribution in [-0.2, 0) is 6.61 Å². The predicted molar refractivity (Wildman–Crippen MR) is 139 cm³/mol. The summed E-state index contributed by atoms with van der Waals surface area (Å²) in [6.45, 7) is 2.11. The van der Waals surface area contributed by atoms with E-state index in [9.17, 15) is 4.79 Å². The predicted octanol–water partition coefficient (Wildman–Crippen LogP) is 7.11. The van der Waals surface area contributed by atoms with Gasteiger partial charge in [0.25, 0.3) is 5.56 Å². The third-order valence-electron chi connectivity index (χ3n) is 4.65. The Labute approximate surface area is 214 Å². The fourth-order valence-corrected chi connectivity index (χ4v) is 4.80. The summed E-state index contributed by atoms with van der Waals surface area (Å²) in [5.74, 6) is 1.05. The average molecular weight is 641 g/mol. The summed E-state index contributed by atoms with van der Waals surface area (Å²) >= 11 is 16.8. The molecule has 32 heavy (non-hydrogen) atoms. The molecule has 0 aliphatic rings. The molecule has 162 valence electrons. The molecule has 1 aromatic heterocycles. The lowest BCUT2D eigenvalue weighted by Crippen LogP contribution is -2.20. The number of rotatable bonds is 5. The number of fused-ring (bicyclic) bond motifs is 1. The summed E-state index contributed by atoms with van der Waals surface area (Å²) in [5, 5.41) is 5.27. The molecule has 0 saturated heterocycles. The van der Waals surface area contributed by atoms with Crippen LogP contribution < -0.4 is 10.3 Å². The Kier molecular flexibility index (Phi) is 7.14. The summed E-state index contributed by atoms with van der Waals surface area (Å²) in [7, 11) is 0. The number of nitrogens with zero attached hydrogens (tertiary/aromatic N) is 3. The summed E-state index contributed by atoms with van der Waals surface area (Å²) in [4.78, 5) is 17.3. The molecule has 0 radical (unpaired) electrons. The zero-order valence-corrected chi connectivity index (χ0v) is 22.2. The lowest BCUT2D eigenvalue weighted by atomic mass is 10.2. The van der Waals surface area contributed by atoms with E-state index < -0.39 is 0 Å². The van der Waals surface area contributed by atoms with E-state index in [4.69, 9.17) is 16.3 Å². The zero-order valence-electron chi connectivity index (χ0n) is 16.7. The Morgan fingerprint density at radius 1 is 1.06 bits per heavy atom. The highest BCUT2D eigenvalue weighted by Crippen LogP contribution is 2.28. The summed E-state index contributed by atoms with van der Waals surface area (Å²) < 4.78 is 9.88. The number of benzene rings is 3. The van der Waals surface area contributed by atoms with Crippen LogP contribution in [0, 0.1) is 6.92 Å². The molecule has 0 aliphatic carbocycles. The Balaban J connectivity index is 1.55. The third-order valence-corrected chi connectivity index (χ3v) is 6.67. The van der Waals surface area contributed by atoms with Crippen LogP contribution in [-0.4, -0.2) is 15.9 Å². The van der Waals surface area contributed by atoms with Gasteiger partial charge in [-0.1, -0.05) is 65.5 Å². The molecule has 0 spiro atoms. The average Bonchev–Trinajstić information content (AvgIpc) is 2.74. The van der Waals surface area contributed by atoms with Gasteiger partial charge in [0.05, 0.1) is 22.1 Å². The molecular weight excluding hydrogens is 625 g/mol. The monoisotopic (exact) mass is 637 g/mol. The van der Waals surface area contributed by atoms with Crippen LogP contribution in [0.15, 0.2) is 77.9 Å². The van der Waals surface area contributed by atoms with Crippen LogP contribution >= 0.6 is 59.4 Å². The molecule has 5 nitrogen and oxygen atoms in total. The molecule has 4 rings (SSSR count). The summed E-state index contributed by atoms with van der Waals surface area (Å²) in [6.07, 6.45) is 1.57. The molecule has 4 aromatic rings. The van der Waals surface area contributed by atoms with Gasteiger partial charge in [0, 0.05) is 19.0 Å². The fourth-order valence-electron chi connectivity index (χ4n) is 3.03. The fraction of sp³-hybridized carbons (Fsp3) is 0.0870. The van der Waals surface area contributed by atoms with E-state index in [1.54, 1.807) is 37.4 Å². The van der Waals surface area contributed by atoms with Crippen LogP contribution in [0.2, 0.25) is 5.02 Å². The van der Waals surface area contributed by atoms with E-state index in [-0.39, 0.29) is 5.56 Å². The standard InChI is InChI=1S/C23H15Br3ClN3O2/c1-13-29-21-6-5-16(24)9-18(21)23(31)30(13)28-11-14-2-7-22(20(27)8-14)32-12-15-3-4-17(25)10-19(15)26/h2-11H,12H2,1H3. The Morgan fingerprint density at radius 3 is 2.56 bits per heavy atom. The lowest BCUT2D eigenvalue weighted by molar-refractivity contribution is 0.305. The quantitative estimate of drug-likeness (QED) is 0.219. The van der Waals surface area contributed by atoms with E-state index in [1.807, 2.05) is 30.3 Å². The van der Waals surface area contributed by atoms with Gasteiger partial charge >= 0.3 is 0 Å². The Hall–Kier alpha value is -2.00. The van der Waals surface area contributed by atoms with Crippen LogP contribution in [0.25, 0.3) is 10.9 Å². The maximum atomic E-state index is 12.8. The van der Waals surface area contributed by atoms with Gasteiger partial charge < -0.3 is 4.74 Å². The number of hydrogen-bond acceptors (Lipinski definition) is 4. The highest BCUT2D eigenvalue weighted by Gasteiger charge is 2.09. The van der Waals surface area contributed by atoms with Gasteiger partial charge in [-0.15, -0.1) is 0 Å². The number of ether oxygens (including phenoxy) is 1. The van der Waals surface area contributed by atoms with Crippen molar-refractivity contribution in [1.82, 2.24) is 9.66 Å². The third kappa shape index (κ3) is 5.14. The number of aromatic nitrogens is 2. The molecule has 0 unspecified atom stereocenters. The van der Waals surface area contributed by atoms with E-state index in [1.165, 1.54) is 4.68 Å².